The van der Waals surface area contributed by atoms with E-state index in [1.54, 1.807) is 6.08 Å². The van der Waals surface area contributed by atoms with Crippen LogP contribution in [0.5, 0.6) is 0 Å². The van der Waals surface area contributed by atoms with Gasteiger partial charge in [-0.1, -0.05) is 36.4 Å². The third-order valence-corrected chi connectivity index (χ3v) is 4.68. The number of aliphatic hydroxyl groups excluding tert-OH is 1. The van der Waals surface area contributed by atoms with Crippen LogP contribution in [0.4, 0.5) is 8.78 Å². The number of carbonyl (C=O) groups is 2. The molecule has 2 aromatic carbocycles. The maximum Gasteiger partial charge on any atom is 0.241 e. The van der Waals surface area contributed by atoms with Gasteiger partial charge < -0.3 is 15.7 Å². The average molecular weight is 386 g/mol. The smallest absolute Gasteiger partial charge is 0.241 e. The third-order valence-electron chi connectivity index (χ3n) is 4.68. The Morgan fingerprint density at radius 1 is 1.18 bits per heavy atom. The second-order valence-corrected chi connectivity index (χ2v) is 6.65. The monoisotopic (exact) mass is 386 g/mol. The van der Waals surface area contributed by atoms with Gasteiger partial charge in [-0.05, 0) is 29.3 Å². The minimum absolute atomic E-state index is 0.0276. The fourth-order valence-corrected chi connectivity index (χ4v) is 3.29. The lowest BCUT2D eigenvalue weighted by Gasteiger charge is -2.27. The fourth-order valence-electron chi connectivity index (χ4n) is 3.29. The van der Waals surface area contributed by atoms with E-state index in [0.717, 1.165) is 23.8 Å². The standard InChI is InChI=1S/C21H20F2N2O3/c22-15-6-7-18(23)17(9-15)14-8-20(13-4-2-1-3-5-13)25(11-14)21(28)19(24)10-16(27)12-26/h1-9,19-20,26H,10-12,24H2/t19-,20?/m0/s1. The quantitative estimate of drug-likeness (QED) is 0.797. The van der Waals surface area contributed by atoms with Gasteiger partial charge in [-0.3, -0.25) is 9.59 Å². The Hall–Kier alpha value is -2.90. The predicted molar refractivity (Wildman–Crippen MR) is 99.9 cm³/mol. The molecule has 0 aromatic heterocycles. The molecular weight excluding hydrogens is 366 g/mol. The van der Waals surface area contributed by atoms with E-state index in [2.05, 4.69) is 0 Å². The van der Waals surface area contributed by atoms with Crippen molar-refractivity contribution in [2.24, 2.45) is 5.73 Å². The summed E-state index contributed by atoms with van der Waals surface area (Å²) in [4.78, 5) is 25.8. The predicted octanol–water partition coefficient (Wildman–Crippen LogP) is 2.21. The van der Waals surface area contributed by atoms with Crippen LogP contribution in [-0.2, 0) is 9.59 Å². The van der Waals surface area contributed by atoms with Crippen molar-refractivity contribution in [2.45, 2.75) is 18.5 Å². The van der Waals surface area contributed by atoms with Gasteiger partial charge in [0.15, 0.2) is 5.78 Å². The van der Waals surface area contributed by atoms with Crippen LogP contribution in [0.1, 0.15) is 23.6 Å². The molecule has 1 heterocycles. The van der Waals surface area contributed by atoms with Gasteiger partial charge in [0.2, 0.25) is 5.91 Å². The lowest BCUT2D eigenvalue weighted by molar-refractivity contribution is -0.135. The van der Waals surface area contributed by atoms with E-state index in [4.69, 9.17) is 10.8 Å². The molecule has 28 heavy (non-hydrogen) atoms. The topological polar surface area (TPSA) is 83.6 Å². The number of benzene rings is 2. The lowest BCUT2D eigenvalue weighted by Crippen LogP contribution is -2.45. The first kappa shape index (κ1) is 19.9. The number of ketones is 1. The maximum absolute atomic E-state index is 14.2. The van der Waals surface area contributed by atoms with Crippen molar-refractivity contribution in [3.63, 3.8) is 0 Å². The normalized spacial score (nSPS) is 17.4. The van der Waals surface area contributed by atoms with Crippen LogP contribution in [0.25, 0.3) is 5.57 Å². The summed E-state index contributed by atoms with van der Waals surface area (Å²) in [6.45, 7) is -0.666. The molecule has 3 N–H and O–H groups in total. The Morgan fingerprint density at radius 2 is 1.89 bits per heavy atom. The van der Waals surface area contributed by atoms with Gasteiger partial charge in [-0.2, -0.15) is 0 Å². The highest BCUT2D eigenvalue weighted by atomic mass is 19.1. The lowest BCUT2D eigenvalue weighted by atomic mass is 10.0. The number of rotatable bonds is 6. The van der Waals surface area contributed by atoms with Crippen molar-refractivity contribution in [3.8, 4) is 0 Å². The molecule has 5 nitrogen and oxygen atoms in total. The molecule has 0 saturated heterocycles. The molecule has 1 aliphatic heterocycles. The number of hydrogen-bond donors (Lipinski definition) is 2. The second kappa shape index (κ2) is 8.41. The molecule has 0 bridgehead atoms. The van der Waals surface area contributed by atoms with Crippen LogP contribution in [0.2, 0.25) is 0 Å². The zero-order valence-electron chi connectivity index (χ0n) is 15.0. The van der Waals surface area contributed by atoms with Gasteiger partial charge in [0.05, 0.1) is 12.1 Å². The summed E-state index contributed by atoms with van der Waals surface area (Å²) in [5.74, 6) is -2.21. The summed E-state index contributed by atoms with van der Waals surface area (Å²) >= 11 is 0. The van der Waals surface area contributed by atoms with Crippen molar-refractivity contribution in [1.29, 1.82) is 0 Å². The van der Waals surface area contributed by atoms with E-state index in [-0.39, 0.29) is 18.5 Å². The largest absolute Gasteiger partial charge is 0.389 e. The highest BCUT2D eigenvalue weighted by Crippen LogP contribution is 2.36. The van der Waals surface area contributed by atoms with Crippen LogP contribution in [-0.4, -0.2) is 40.9 Å². The summed E-state index contributed by atoms with van der Waals surface area (Å²) in [5, 5.41) is 8.89. The number of nitrogens with two attached hydrogens (primary N) is 1. The van der Waals surface area contributed by atoms with E-state index in [9.17, 15) is 18.4 Å². The van der Waals surface area contributed by atoms with Crippen LogP contribution in [0.15, 0.2) is 54.6 Å². The Balaban J connectivity index is 1.95. The van der Waals surface area contributed by atoms with Crippen LogP contribution in [0, 0.1) is 11.6 Å². The third kappa shape index (κ3) is 4.16. The zero-order chi connectivity index (χ0) is 20.3. The maximum atomic E-state index is 14.2. The number of amides is 1. The molecule has 0 radical (unpaired) electrons. The Labute approximate surface area is 161 Å². The highest BCUT2D eigenvalue weighted by Gasteiger charge is 2.34. The number of halogens is 2. The second-order valence-electron chi connectivity index (χ2n) is 6.65. The summed E-state index contributed by atoms with van der Waals surface area (Å²) in [5.41, 5.74) is 7.19. The first-order valence-electron chi connectivity index (χ1n) is 8.80. The van der Waals surface area contributed by atoms with Crippen LogP contribution < -0.4 is 5.73 Å². The summed E-state index contributed by atoms with van der Waals surface area (Å²) in [7, 11) is 0. The number of Topliss-reactive ketones (excluding diaryl/α,β-unsaturated/α-hetero) is 1. The van der Waals surface area contributed by atoms with E-state index >= 15 is 0 Å². The molecule has 2 atom stereocenters. The summed E-state index contributed by atoms with van der Waals surface area (Å²) < 4.78 is 27.9. The molecule has 3 rings (SSSR count). The molecule has 2 aromatic rings. The van der Waals surface area contributed by atoms with E-state index < -0.39 is 42.0 Å². The molecule has 1 unspecified atom stereocenters. The zero-order valence-corrected chi connectivity index (χ0v) is 15.0. The number of aliphatic hydroxyl groups is 1. The van der Waals surface area contributed by atoms with Crippen molar-refractivity contribution in [1.82, 2.24) is 4.90 Å². The van der Waals surface area contributed by atoms with Gasteiger partial charge >= 0.3 is 0 Å². The molecule has 146 valence electrons. The number of nitrogens with zero attached hydrogens (tertiary/aromatic N) is 1. The van der Waals surface area contributed by atoms with E-state index in [1.807, 2.05) is 30.3 Å². The number of hydrogen-bond acceptors (Lipinski definition) is 4. The Morgan fingerprint density at radius 3 is 2.57 bits per heavy atom. The Bertz CT molecular complexity index is 915. The van der Waals surface area contributed by atoms with Crippen molar-refractivity contribution in [3.05, 3.63) is 77.4 Å². The van der Waals surface area contributed by atoms with Gasteiger partial charge in [-0.25, -0.2) is 8.78 Å². The average Bonchev–Trinajstić information content (AvgIpc) is 3.14. The molecule has 0 aliphatic carbocycles. The molecule has 1 aliphatic rings. The van der Waals surface area contributed by atoms with Crippen molar-refractivity contribution < 1.29 is 23.5 Å². The first-order valence-corrected chi connectivity index (χ1v) is 8.80. The molecular formula is C21H20F2N2O3. The van der Waals surface area contributed by atoms with Gasteiger partial charge in [0.25, 0.3) is 0 Å². The Kier molecular flexibility index (Phi) is 5.96. The molecule has 0 fully saturated rings. The van der Waals surface area contributed by atoms with E-state index in [1.165, 1.54) is 4.90 Å². The SMILES string of the molecule is N[C@@H](CC(=O)CO)C(=O)N1CC(c2cc(F)ccc2F)=CC1c1ccccc1. The summed E-state index contributed by atoms with van der Waals surface area (Å²) in [6, 6.07) is 10.6. The fraction of sp³-hybridized carbons (Fsp3) is 0.238. The van der Waals surface area contributed by atoms with E-state index in [0.29, 0.717) is 5.57 Å². The first-order chi connectivity index (χ1) is 13.4. The van der Waals surface area contributed by atoms with Gasteiger partial charge in [-0.15, -0.1) is 0 Å². The van der Waals surface area contributed by atoms with Crippen LogP contribution in [0.3, 0.4) is 0 Å². The number of carbonyl (C=O) groups excluding carboxylic acids is 2. The highest BCUT2D eigenvalue weighted by molar-refractivity contribution is 5.91. The minimum Gasteiger partial charge on any atom is -0.389 e. The van der Waals surface area contributed by atoms with Gasteiger partial charge in [0.1, 0.15) is 18.2 Å². The molecule has 0 spiro atoms. The van der Waals surface area contributed by atoms with Crippen LogP contribution >= 0.6 is 0 Å². The molecule has 0 saturated carbocycles. The molecule has 1 amide bonds. The summed E-state index contributed by atoms with van der Waals surface area (Å²) in [6.07, 6.45) is 1.41. The van der Waals surface area contributed by atoms with Gasteiger partial charge in [0, 0.05) is 18.5 Å². The minimum atomic E-state index is -1.13. The van der Waals surface area contributed by atoms with Crippen molar-refractivity contribution >= 4 is 17.3 Å². The molecule has 7 heteroatoms. The van der Waals surface area contributed by atoms with Crippen molar-refractivity contribution in [2.75, 3.05) is 13.2 Å².